The van der Waals surface area contributed by atoms with Gasteiger partial charge < -0.3 is 18.6 Å². The molecule has 0 spiro atoms. The van der Waals surface area contributed by atoms with Crippen LogP contribution >= 0.6 is 0 Å². The fourth-order valence-corrected chi connectivity index (χ4v) is 14.2. The lowest BCUT2D eigenvalue weighted by Crippen LogP contribution is -2.14. The van der Waals surface area contributed by atoms with Crippen molar-refractivity contribution in [3.8, 4) is 102 Å². The first-order chi connectivity index (χ1) is 46.6. The molecule has 4 atom stereocenters. The second kappa shape index (κ2) is 22.8. The number of rotatable bonds is 9. The number of pyridine rings is 1. The molecule has 0 amide bonds. The Balaban J connectivity index is 0.000000139. The predicted octanol–water partition coefficient (Wildman–Crippen LogP) is 19.2. The van der Waals surface area contributed by atoms with Crippen molar-refractivity contribution in [2.24, 2.45) is 0 Å². The number of nitrogens with zero attached hydrogens (tertiary/aromatic N) is 9. The highest BCUT2D eigenvalue weighted by molar-refractivity contribution is 5.94. The average Bonchev–Trinajstić information content (AvgIpc) is 1.56. The van der Waals surface area contributed by atoms with Crippen molar-refractivity contribution < 1.29 is 9.47 Å². The van der Waals surface area contributed by atoms with Gasteiger partial charge in [0.15, 0.2) is 34.9 Å². The smallest absolute Gasteiger partial charge is 0.182 e. The lowest BCUT2D eigenvalue weighted by Gasteiger charge is -2.22. The van der Waals surface area contributed by atoms with E-state index < -0.39 is 0 Å². The van der Waals surface area contributed by atoms with Gasteiger partial charge in [0.1, 0.15) is 29.4 Å². The predicted molar refractivity (Wildman–Crippen MR) is 372 cm³/mol. The average molecular weight is 1210 g/mol. The molecule has 4 unspecified atom stereocenters. The Hall–Kier alpha value is -12.5. The number of benzene rings is 10. The quantitative estimate of drug-likeness (QED) is 0.139. The van der Waals surface area contributed by atoms with E-state index in [1.54, 1.807) is 6.20 Å². The van der Waals surface area contributed by atoms with Crippen LogP contribution in [-0.2, 0) is 0 Å². The second-order valence-electron chi connectivity index (χ2n) is 23.7. The summed E-state index contributed by atoms with van der Waals surface area (Å²) in [7, 11) is 0. The Morgan fingerprint density at radius 1 is 0.298 bits per heavy atom. The monoisotopic (exact) mass is 1210 g/mol. The third-order valence-electron chi connectivity index (χ3n) is 18.3. The summed E-state index contributed by atoms with van der Waals surface area (Å²) in [6.07, 6.45) is 10.5. The van der Waals surface area contributed by atoms with Gasteiger partial charge in [-0.25, -0.2) is 29.9 Å². The van der Waals surface area contributed by atoms with Crippen molar-refractivity contribution in [1.29, 1.82) is 0 Å². The van der Waals surface area contributed by atoms with Crippen LogP contribution in [0.25, 0.3) is 125 Å². The maximum absolute atomic E-state index is 7.24. The zero-order valence-electron chi connectivity index (χ0n) is 50.6. The summed E-state index contributed by atoms with van der Waals surface area (Å²) in [6.45, 7) is 0. The van der Waals surface area contributed by atoms with E-state index in [0.717, 1.165) is 89.8 Å². The number of hydrogen-bond acceptors (Lipinski definition) is 9. The molecule has 19 rings (SSSR count). The minimum absolute atomic E-state index is 0.000953. The van der Waals surface area contributed by atoms with Crippen LogP contribution in [0.5, 0.6) is 11.5 Å². The van der Waals surface area contributed by atoms with Crippen molar-refractivity contribution >= 4 is 34.0 Å². The molecule has 444 valence electrons. The highest BCUT2D eigenvalue weighted by atomic mass is 16.5. The molecule has 0 radical (unpaired) electrons. The first-order valence-corrected chi connectivity index (χ1v) is 31.7. The highest BCUT2D eigenvalue weighted by Gasteiger charge is 2.45. The Bertz CT molecular complexity index is 5330. The molecule has 0 bridgehead atoms. The summed E-state index contributed by atoms with van der Waals surface area (Å²) in [5.74, 6) is 5.33. The van der Waals surface area contributed by atoms with E-state index in [0.29, 0.717) is 40.6 Å². The van der Waals surface area contributed by atoms with Crippen LogP contribution in [0.1, 0.15) is 57.7 Å². The summed E-state index contributed by atoms with van der Waals surface area (Å²) in [5, 5.41) is 2.39. The fourth-order valence-electron chi connectivity index (χ4n) is 14.2. The van der Waals surface area contributed by atoms with Crippen LogP contribution < -0.4 is 9.47 Å². The van der Waals surface area contributed by atoms with Crippen molar-refractivity contribution in [1.82, 2.24) is 44.0 Å². The Morgan fingerprint density at radius 3 is 1.23 bits per heavy atom. The molecule has 0 fully saturated rings. The van der Waals surface area contributed by atoms with Crippen LogP contribution in [-0.4, -0.2) is 44.0 Å². The molecule has 11 heteroatoms. The number of fused-ring (bicyclic) bond motifs is 14. The zero-order chi connectivity index (χ0) is 62.1. The van der Waals surface area contributed by atoms with Gasteiger partial charge in [0.2, 0.25) is 0 Å². The van der Waals surface area contributed by atoms with E-state index in [-0.39, 0.29) is 24.0 Å². The first-order valence-electron chi connectivity index (χ1n) is 31.7. The zero-order valence-corrected chi connectivity index (χ0v) is 50.6. The molecule has 15 aromatic rings. The molecule has 94 heavy (non-hydrogen) atoms. The van der Waals surface area contributed by atoms with Crippen LogP contribution in [0.15, 0.2) is 297 Å². The first kappa shape index (κ1) is 54.5. The molecule has 4 aliphatic rings. The molecule has 2 aliphatic heterocycles. The molecule has 2 aliphatic carbocycles. The van der Waals surface area contributed by atoms with Gasteiger partial charge in [0.25, 0.3) is 0 Å². The van der Waals surface area contributed by atoms with Crippen molar-refractivity contribution in [3.63, 3.8) is 0 Å². The third-order valence-corrected chi connectivity index (χ3v) is 18.3. The summed E-state index contributed by atoms with van der Waals surface area (Å²) in [4.78, 5) is 34.6. The normalized spacial score (nSPS) is 16.0. The van der Waals surface area contributed by atoms with Crippen molar-refractivity contribution in [2.75, 3.05) is 0 Å². The number of hydrogen-bond donors (Lipinski definition) is 0. The van der Waals surface area contributed by atoms with Crippen molar-refractivity contribution in [2.45, 2.75) is 24.0 Å². The Morgan fingerprint density at radius 2 is 0.713 bits per heavy atom. The standard InChI is InChI=1S/C45H30N4O.C38H25N5O/c1-5-15-29(16-6-1)33-25-26-36(45-47-43(30-17-7-2-8-18-30)46-44(48-45)31-19-9-3-10-20-31)39-35-27-28-38-40(42(35)50-41(33)39)34-23-13-14-24-37(34)49(38)32-21-11-4-12-22-32;1-3-12-24(13-4-1)36-40-37(42-38(41-36)29-18-9-10-23-39-29)28-17-11-20-32-33(28)27-21-22-31-34(35(27)44-32)26-16-7-8-19-30(26)43(31)25-14-5-2-6-15-25/h1-28,35,42H;1-23,27,35H. The molecule has 11 nitrogen and oxygen atoms in total. The number of ether oxygens (including phenoxy) is 2. The lowest BCUT2D eigenvalue weighted by atomic mass is 9.82. The highest BCUT2D eigenvalue weighted by Crippen LogP contribution is 2.59. The van der Waals surface area contributed by atoms with E-state index in [2.05, 4.69) is 196 Å². The minimum atomic E-state index is -0.229. The SMILES string of the molecule is C1=CC2c3c(-c4nc(-c5ccccc5)nc(-c5ccccc5)n4)ccc(-c4ccccc4)c3OC2c2c1n(-c1ccccc1)c1ccccc21.C1=CC2c3c(cccc3-c3nc(-c4ccccc4)nc(-c4ccccn4)n3)OC2c2c1n(-c1ccccc1)c1ccccc21. The molecule has 0 N–H and O–H groups in total. The second-order valence-corrected chi connectivity index (χ2v) is 23.7. The summed E-state index contributed by atoms with van der Waals surface area (Å²) >= 11 is 0. The van der Waals surface area contributed by atoms with Gasteiger partial charge in [-0.05, 0) is 84.4 Å². The van der Waals surface area contributed by atoms with E-state index in [1.165, 1.54) is 27.4 Å². The van der Waals surface area contributed by atoms with Gasteiger partial charge in [-0.2, -0.15) is 0 Å². The topological polar surface area (TPSA) is 119 Å². The van der Waals surface area contributed by atoms with Gasteiger partial charge in [-0.15, -0.1) is 0 Å². The number of para-hydroxylation sites is 4. The van der Waals surface area contributed by atoms with E-state index in [9.17, 15) is 0 Å². The Labute approximate surface area is 542 Å². The number of aromatic nitrogens is 9. The van der Waals surface area contributed by atoms with Crippen LogP contribution in [0, 0.1) is 0 Å². The fraction of sp³-hybridized carbons (Fsp3) is 0.0482. The Kier molecular flexibility index (Phi) is 13.2. The molecule has 0 saturated carbocycles. The molecule has 5 aromatic heterocycles. The third kappa shape index (κ3) is 9.23. The largest absolute Gasteiger partial charge is 0.484 e. The molecule has 10 aromatic carbocycles. The maximum Gasteiger partial charge on any atom is 0.182 e. The van der Waals surface area contributed by atoms with Gasteiger partial charge in [-0.3, -0.25) is 4.98 Å². The van der Waals surface area contributed by atoms with Gasteiger partial charge >= 0.3 is 0 Å². The van der Waals surface area contributed by atoms with E-state index in [4.69, 9.17) is 39.4 Å². The van der Waals surface area contributed by atoms with E-state index in [1.807, 2.05) is 121 Å². The molecular weight excluding hydrogens is 1150 g/mol. The van der Waals surface area contributed by atoms with Crippen molar-refractivity contribution in [3.05, 3.63) is 331 Å². The van der Waals surface area contributed by atoms with Gasteiger partial charge in [0, 0.05) is 95.8 Å². The summed E-state index contributed by atoms with van der Waals surface area (Å²) in [6, 6.07) is 95.4. The minimum Gasteiger partial charge on any atom is -0.484 e. The summed E-state index contributed by atoms with van der Waals surface area (Å²) in [5.41, 5.74) is 19.0. The van der Waals surface area contributed by atoms with E-state index >= 15 is 0 Å². The van der Waals surface area contributed by atoms with Gasteiger partial charge in [-0.1, -0.05) is 224 Å². The maximum atomic E-state index is 7.24. The van der Waals surface area contributed by atoms with Crippen LogP contribution in [0.4, 0.5) is 0 Å². The molecule has 0 saturated heterocycles. The van der Waals surface area contributed by atoms with Crippen LogP contribution in [0.2, 0.25) is 0 Å². The van der Waals surface area contributed by atoms with Crippen LogP contribution in [0.3, 0.4) is 0 Å². The van der Waals surface area contributed by atoms with Gasteiger partial charge in [0.05, 0.1) is 22.4 Å². The lowest BCUT2D eigenvalue weighted by molar-refractivity contribution is 0.224. The summed E-state index contributed by atoms with van der Waals surface area (Å²) < 4.78 is 18.8. The molecule has 7 heterocycles. The molecular formula is C83H55N9O2.